The zero-order valence-corrected chi connectivity index (χ0v) is 18.5. The van der Waals surface area contributed by atoms with Gasteiger partial charge >= 0.3 is 5.97 Å². The van der Waals surface area contributed by atoms with Gasteiger partial charge in [-0.1, -0.05) is 37.5 Å². The van der Waals surface area contributed by atoms with Crippen LogP contribution in [0.25, 0.3) is 22.0 Å². The summed E-state index contributed by atoms with van der Waals surface area (Å²) < 4.78 is 10.6. The maximum Gasteiger partial charge on any atom is 0.309 e. The summed E-state index contributed by atoms with van der Waals surface area (Å²) >= 11 is 0. The summed E-state index contributed by atoms with van der Waals surface area (Å²) in [5.41, 5.74) is 8.92. The van der Waals surface area contributed by atoms with Crippen LogP contribution in [0.1, 0.15) is 45.4 Å². The number of benzene rings is 2. The summed E-state index contributed by atoms with van der Waals surface area (Å²) in [6.45, 7) is 2.47. The lowest BCUT2D eigenvalue weighted by atomic mass is 9.95. The van der Waals surface area contributed by atoms with E-state index in [2.05, 4.69) is 21.4 Å². The molecule has 0 amide bonds. The van der Waals surface area contributed by atoms with Crippen molar-refractivity contribution in [1.29, 1.82) is 0 Å². The summed E-state index contributed by atoms with van der Waals surface area (Å²) in [5, 5.41) is 4.57. The first-order chi connectivity index (χ1) is 15.6. The van der Waals surface area contributed by atoms with Gasteiger partial charge in [0, 0.05) is 11.4 Å². The van der Waals surface area contributed by atoms with Crippen LogP contribution in [0.4, 0.5) is 11.8 Å². The van der Waals surface area contributed by atoms with Crippen LogP contribution in [0.5, 0.6) is 5.75 Å². The van der Waals surface area contributed by atoms with Crippen LogP contribution in [0.15, 0.2) is 42.5 Å². The lowest BCUT2D eigenvalue weighted by Crippen LogP contribution is -2.23. The summed E-state index contributed by atoms with van der Waals surface area (Å²) in [4.78, 5) is 20.3. The molecule has 0 atom stereocenters. The first-order valence-corrected chi connectivity index (χ1v) is 11.3. The highest BCUT2D eigenvalue weighted by Crippen LogP contribution is 2.30. The number of carbonyl (C=O) groups is 1. The number of aromatic nitrogens is 2. The van der Waals surface area contributed by atoms with Crippen molar-refractivity contribution in [3.63, 3.8) is 0 Å². The van der Waals surface area contributed by atoms with Crippen molar-refractivity contribution in [3.05, 3.63) is 42.5 Å². The molecule has 4 rings (SSSR count). The van der Waals surface area contributed by atoms with Crippen LogP contribution in [-0.4, -0.2) is 35.2 Å². The molecule has 0 bridgehead atoms. The van der Waals surface area contributed by atoms with E-state index >= 15 is 0 Å². The maximum absolute atomic E-state index is 11.4. The monoisotopic (exact) mass is 434 g/mol. The Labute approximate surface area is 188 Å². The van der Waals surface area contributed by atoms with Gasteiger partial charge in [-0.3, -0.25) is 4.79 Å². The standard InChI is InChI=1S/C25H30N4O3/c1-2-31-23(30)14-15-32-20-11-8-17(9-12-20)18-10-13-22-21(16-18)24(29-25(26)28-22)27-19-6-4-3-5-7-19/h8-13,16,19H,2-7,14-15H2,1H3,(H3,26,27,28,29). The molecule has 7 nitrogen and oxygen atoms in total. The molecular weight excluding hydrogens is 404 g/mol. The maximum atomic E-state index is 11.4. The van der Waals surface area contributed by atoms with Gasteiger partial charge in [-0.2, -0.15) is 4.98 Å². The number of ether oxygens (including phenoxy) is 2. The molecule has 1 heterocycles. The summed E-state index contributed by atoms with van der Waals surface area (Å²) in [5.74, 6) is 1.56. The van der Waals surface area contributed by atoms with E-state index in [0.29, 0.717) is 19.3 Å². The molecule has 1 saturated carbocycles. The quantitative estimate of drug-likeness (QED) is 0.484. The van der Waals surface area contributed by atoms with E-state index in [1.165, 1.54) is 19.3 Å². The number of anilines is 2. The Hall–Kier alpha value is -3.35. The van der Waals surface area contributed by atoms with E-state index in [1.54, 1.807) is 6.92 Å². The third-order valence-electron chi connectivity index (χ3n) is 5.73. The molecule has 7 heteroatoms. The number of carbonyl (C=O) groups excluding carboxylic acids is 1. The molecule has 0 radical (unpaired) electrons. The average molecular weight is 435 g/mol. The number of nitrogens with zero attached hydrogens (tertiary/aromatic N) is 2. The molecule has 2 aromatic carbocycles. The number of esters is 1. The molecule has 1 aliphatic carbocycles. The van der Waals surface area contributed by atoms with Crippen molar-refractivity contribution in [2.45, 2.75) is 51.5 Å². The van der Waals surface area contributed by atoms with E-state index in [9.17, 15) is 4.79 Å². The van der Waals surface area contributed by atoms with Crippen LogP contribution in [0.3, 0.4) is 0 Å². The topological polar surface area (TPSA) is 99.4 Å². The summed E-state index contributed by atoms with van der Waals surface area (Å²) in [6.07, 6.45) is 6.34. The van der Waals surface area contributed by atoms with Crippen LogP contribution < -0.4 is 15.8 Å². The second-order valence-corrected chi connectivity index (χ2v) is 8.07. The van der Waals surface area contributed by atoms with Gasteiger partial charge < -0.3 is 20.5 Å². The number of nitrogens with one attached hydrogen (secondary N) is 1. The fourth-order valence-electron chi connectivity index (χ4n) is 4.11. The second kappa shape index (κ2) is 10.3. The minimum atomic E-state index is -0.249. The minimum Gasteiger partial charge on any atom is -0.493 e. The fourth-order valence-corrected chi connectivity index (χ4v) is 4.11. The molecule has 0 spiro atoms. The largest absolute Gasteiger partial charge is 0.493 e. The molecule has 0 saturated heterocycles. The van der Waals surface area contributed by atoms with Crippen molar-refractivity contribution in [1.82, 2.24) is 9.97 Å². The Morgan fingerprint density at radius 1 is 1.06 bits per heavy atom. The van der Waals surface area contributed by atoms with Gasteiger partial charge in [-0.15, -0.1) is 0 Å². The van der Waals surface area contributed by atoms with E-state index in [0.717, 1.165) is 46.4 Å². The first-order valence-electron chi connectivity index (χ1n) is 11.3. The van der Waals surface area contributed by atoms with Gasteiger partial charge in [0.15, 0.2) is 0 Å². The van der Waals surface area contributed by atoms with Gasteiger partial charge in [0.25, 0.3) is 0 Å². The molecule has 1 aliphatic rings. The first kappa shape index (κ1) is 21.9. The van der Waals surface area contributed by atoms with Crippen molar-refractivity contribution in [2.75, 3.05) is 24.3 Å². The van der Waals surface area contributed by atoms with E-state index in [-0.39, 0.29) is 18.3 Å². The Balaban J connectivity index is 1.50. The van der Waals surface area contributed by atoms with Crippen LogP contribution in [0, 0.1) is 0 Å². The SMILES string of the molecule is CCOC(=O)CCOc1ccc(-c2ccc3nc(N)nc(NC4CCCCC4)c3c2)cc1. The minimum absolute atomic E-state index is 0.236. The molecule has 32 heavy (non-hydrogen) atoms. The lowest BCUT2D eigenvalue weighted by Gasteiger charge is -2.24. The molecular formula is C25H30N4O3. The zero-order valence-electron chi connectivity index (χ0n) is 18.5. The average Bonchev–Trinajstić information content (AvgIpc) is 2.80. The van der Waals surface area contributed by atoms with Crippen molar-refractivity contribution in [2.24, 2.45) is 0 Å². The van der Waals surface area contributed by atoms with Crippen LogP contribution >= 0.6 is 0 Å². The van der Waals surface area contributed by atoms with Crippen molar-refractivity contribution < 1.29 is 14.3 Å². The normalized spacial score (nSPS) is 14.3. The zero-order chi connectivity index (χ0) is 22.3. The van der Waals surface area contributed by atoms with E-state index < -0.39 is 0 Å². The number of hydrogen-bond donors (Lipinski definition) is 2. The predicted molar refractivity (Wildman–Crippen MR) is 127 cm³/mol. The highest BCUT2D eigenvalue weighted by Gasteiger charge is 2.16. The predicted octanol–water partition coefficient (Wildman–Crippen LogP) is 4.96. The highest BCUT2D eigenvalue weighted by atomic mass is 16.5. The number of hydrogen-bond acceptors (Lipinski definition) is 7. The summed E-state index contributed by atoms with van der Waals surface area (Å²) in [6, 6.07) is 14.4. The van der Waals surface area contributed by atoms with Gasteiger partial charge in [0.1, 0.15) is 11.6 Å². The van der Waals surface area contributed by atoms with Gasteiger partial charge in [-0.25, -0.2) is 4.98 Å². The third kappa shape index (κ3) is 5.46. The van der Waals surface area contributed by atoms with Crippen LogP contribution in [-0.2, 0) is 9.53 Å². The Morgan fingerprint density at radius 3 is 2.56 bits per heavy atom. The third-order valence-corrected chi connectivity index (χ3v) is 5.73. The fraction of sp³-hybridized carbons (Fsp3) is 0.400. The molecule has 0 aliphatic heterocycles. The van der Waals surface area contributed by atoms with Gasteiger partial charge in [0.2, 0.25) is 5.95 Å². The van der Waals surface area contributed by atoms with Gasteiger partial charge in [0.05, 0.1) is 25.2 Å². The number of rotatable bonds is 8. The Kier molecular flexibility index (Phi) is 7.04. The van der Waals surface area contributed by atoms with Crippen LogP contribution in [0.2, 0.25) is 0 Å². The van der Waals surface area contributed by atoms with E-state index in [4.69, 9.17) is 15.2 Å². The molecule has 3 N–H and O–H groups in total. The molecule has 3 aromatic rings. The number of nitrogens with two attached hydrogens (primary N) is 1. The smallest absolute Gasteiger partial charge is 0.309 e. The van der Waals surface area contributed by atoms with Gasteiger partial charge in [-0.05, 0) is 55.2 Å². The highest BCUT2D eigenvalue weighted by molar-refractivity contribution is 5.93. The number of nitrogen functional groups attached to an aromatic ring is 1. The Bertz CT molecular complexity index is 1060. The molecule has 168 valence electrons. The van der Waals surface area contributed by atoms with Crippen molar-refractivity contribution >= 4 is 28.6 Å². The Morgan fingerprint density at radius 2 is 1.81 bits per heavy atom. The van der Waals surface area contributed by atoms with E-state index in [1.807, 2.05) is 36.4 Å². The molecule has 1 fully saturated rings. The lowest BCUT2D eigenvalue weighted by molar-refractivity contribution is -0.143. The second-order valence-electron chi connectivity index (χ2n) is 8.07. The number of fused-ring (bicyclic) bond motifs is 1. The molecule has 0 unspecified atom stereocenters. The summed E-state index contributed by atoms with van der Waals surface area (Å²) in [7, 11) is 0. The molecule has 1 aromatic heterocycles. The van der Waals surface area contributed by atoms with Crippen molar-refractivity contribution in [3.8, 4) is 16.9 Å².